The maximum Gasteiger partial charge on any atom is 0.267 e. The summed E-state index contributed by atoms with van der Waals surface area (Å²) in [5.41, 5.74) is 5.60. The number of nitrogens with one attached hydrogen (secondary N) is 1. The van der Waals surface area contributed by atoms with Gasteiger partial charge in [-0.15, -0.1) is 0 Å². The van der Waals surface area contributed by atoms with Crippen molar-refractivity contribution in [1.82, 2.24) is 14.3 Å². The molecule has 5 rings (SSSR count). The van der Waals surface area contributed by atoms with Gasteiger partial charge in [-0.1, -0.05) is 18.2 Å². The number of benzene rings is 1. The second-order valence-electron chi connectivity index (χ2n) is 7.06. The number of anilines is 1. The molecule has 5 nitrogen and oxygen atoms in total. The van der Waals surface area contributed by atoms with Crippen LogP contribution < -0.4 is 5.32 Å². The quantitative estimate of drug-likeness (QED) is 0.524. The minimum absolute atomic E-state index is 0.102. The van der Waals surface area contributed by atoms with Crippen LogP contribution in [0.2, 0.25) is 0 Å². The van der Waals surface area contributed by atoms with E-state index in [0.717, 1.165) is 51.9 Å². The third kappa shape index (κ3) is 3.05. The summed E-state index contributed by atoms with van der Waals surface area (Å²) >= 11 is 1.28. The minimum atomic E-state index is -0.102. The highest BCUT2D eigenvalue weighted by Gasteiger charge is 2.34. The molecule has 0 bridgehead atoms. The zero-order chi connectivity index (χ0) is 19.1. The van der Waals surface area contributed by atoms with E-state index in [1.807, 2.05) is 31.2 Å². The summed E-state index contributed by atoms with van der Waals surface area (Å²) in [6.45, 7) is 1.91. The Morgan fingerprint density at radius 1 is 1.11 bits per heavy atom. The monoisotopic (exact) mass is 386 g/mol. The SMILES string of the molecule is Cc1cc(NC(=O)c2snc(-c3cccc4ncccc34)c2C2CC2)ccn1. The molecule has 138 valence electrons. The first-order valence-electron chi connectivity index (χ1n) is 9.28. The molecule has 0 saturated heterocycles. The van der Waals surface area contributed by atoms with Gasteiger partial charge in [0.1, 0.15) is 4.88 Å². The normalized spacial score (nSPS) is 13.6. The average Bonchev–Trinajstić information content (AvgIpc) is 3.45. The second-order valence-corrected chi connectivity index (χ2v) is 7.84. The largest absolute Gasteiger partial charge is 0.321 e. The van der Waals surface area contributed by atoms with Crippen LogP contribution in [0, 0.1) is 6.92 Å². The summed E-state index contributed by atoms with van der Waals surface area (Å²) in [5.74, 6) is 0.301. The third-order valence-electron chi connectivity index (χ3n) is 4.98. The Morgan fingerprint density at radius 3 is 2.82 bits per heavy atom. The molecule has 1 aromatic carbocycles. The van der Waals surface area contributed by atoms with Gasteiger partial charge in [-0.25, -0.2) is 0 Å². The van der Waals surface area contributed by atoms with Crippen molar-refractivity contribution in [2.24, 2.45) is 0 Å². The summed E-state index contributed by atoms with van der Waals surface area (Å²) in [6.07, 6.45) is 5.70. The van der Waals surface area contributed by atoms with E-state index in [0.29, 0.717) is 10.8 Å². The van der Waals surface area contributed by atoms with Crippen LogP contribution in [0.5, 0.6) is 0 Å². The molecule has 28 heavy (non-hydrogen) atoms. The third-order valence-corrected chi connectivity index (χ3v) is 5.84. The number of aromatic nitrogens is 3. The van der Waals surface area contributed by atoms with Crippen LogP contribution in [-0.4, -0.2) is 20.2 Å². The van der Waals surface area contributed by atoms with E-state index in [2.05, 4.69) is 27.4 Å². The van der Waals surface area contributed by atoms with Crippen molar-refractivity contribution in [2.45, 2.75) is 25.7 Å². The Morgan fingerprint density at radius 2 is 2.00 bits per heavy atom. The van der Waals surface area contributed by atoms with Gasteiger partial charge in [-0.3, -0.25) is 14.8 Å². The molecule has 0 spiro atoms. The molecule has 1 aliphatic carbocycles. The van der Waals surface area contributed by atoms with Crippen LogP contribution in [0.25, 0.3) is 22.2 Å². The number of aryl methyl sites for hydroxylation is 1. The second kappa shape index (κ2) is 6.80. The predicted molar refractivity (Wildman–Crippen MR) is 112 cm³/mol. The van der Waals surface area contributed by atoms with Crippen molar-refractivity contribution in [3.8, 4) is 11.3 Å². The fourth-order valence-electron chi connectivity index (χ4n) is 3.53. The summed E-state index contributed by atoms with van der Waals surface area (Å²) in [5, 5.41) is 4.07. The molecular formula is C22H18N4OS. The van der Waals surface area contributed by atoms with Gasteiger partial charge in [-0.2, -0.15) is 4.37 Å². The van der Waals surface area contributed by atoms with Crippen molar-refractivity contribution in [3.63, 3.8) is 0 Å². The molecule has 1 N–H and O–H groups in total. The molecule has 3 heterocycles. The Hall–Kier alpha value is -3.12. The van der Waals surface area contributed by atoms with Gasteiger partial charge in [0.25, 0.3) is 5.91 Å². The van der Waals surface area contributed by atoms with Gasteiger partial charge in [0.15, 0.2) is 0 Å². The fraction of sp³-hybridized carbons (Fsp3) is 0.182. The lowest BCUT2D eigenvalue weighted by molar-refractivity contribution is 0.102. The van der Waals surface area contributed by atoms with E-state index in [9.17, 15) is 4.79 Å². The van der Waals surface area contributed by atoms with Crippen LogP contribution in [0.3, 0.4) is 0 Å². The number of pyridine rings is 2. The van der Waals surface area contributed by atoms with Gasteiger partial charge < -0.3 is 5.32 Å². The zero-order valence-corrected chi connectivity index (χ0v) is 16.2. The van der Waals surface area contributed by atoms with Gasteiger partial charge in [-0.05, 0) is 61.5 Å². The number of hydrogen-bond acceptors (Lipinski definition) is 5. The Kier molecular flexibility index (Phi) is 4.13. The smallest absolute Gasteiger partial charge is 0.267 e. The van der Waals surface area contributed by atoms with Gasteiger partial charge in [0.05, 0.1) is 11.2 Å². The molecule has 1 fully saturated rings. The lowest BCUT2D eigenvalue weighted by Crippen LogP contribution is -2.12. The Bertz CT molecular complexity index is 1190. The number of carbonyl (C=O) groups excluding carboxylic acids is 1. The summed E-state index contributed by atoms with van der Waals surface area (Å²) in [4.78, 5) is 22.4. The number of amides is 1. The summed E-state index contributed by atoms with van der Waals surface area (Å²) in [7, 11) is 0. The first kappa shape index (κ1) is 17.0. The molecule has 6 heteroatoms. The van der Waals surface area contributed by atoms with Crippen molar-refractivity contribution in [2.75, 3.05) is 5.32 Å². The molecule has 0 radical (unpaired) electrons. The first-order chi connectivity index (χ1) is 13.7. The average molecular weight is 386 g/mol. The molecular weight excluding hydrogens is 368 g/mol. The van der Waals surface area contributed by atoms with Crippen LogP contribution in [0.15, 0.2) is 54.9 Å². The lowest BCUT2D eigenvalue weighted by atomic mass is 9.99. The van der Waals surface area contributed by atoms with Crippen LogP contribution in [0.4, 0.5) is 5.69 Å². The zero-order valence-electron chi connectivity index (χ0n) is 15.3. The molecule has 0 unspecified atom stereocenters. The van der Waals surface area contributed by atoms with E-state index >= 15 is 0 Å². The van der Waals surface area contributed by atoms with Crippen LogP contribution in [-0.2, 0) is 0 Å². The van der Waals surface area contributed by atoms with E-state index < -0.39 is 0 Å². The highest BCUT2D eigenvalue weighted by atomic mass is 32.1. The lowest BCUT2D eigenvalue weighted by Gasteiger charge is -2.08. The fourth-order valence-corrected chi connectivity index (χ4v) is 4.40. The van der Waals surface area contributed by atoms with Crippen molar-refractivity contribution in [1.29, 1.82) is 0 Å². The van der Waals surface area contributed by atoms with Crippen LogP contribution >= 0.6 is 11.5 Å². The number of fused-ring (bicyclic) bond motifs is 1. The number of carbonyl (C=O) groups is 1. The Labute approximate surface area is 166 Å². The number of nitrogens with zero attached hydrogens (tertiary/aromatic N) is 3. The van der Waals surface area contributed by atoms with E-state index in [1.54, 1.807) is 18.5 Å². The molecule has 4 aromatic rings. The maximum atomic E-state index is 13.0. The topological polar surface area (TPSA) is 67.8 Å². The highest BCUT2D eigenvalue weighted by molar-refractivity contribution is 7.08. The Balaban J connectivity index is 1.58. The standard InChI is InChI=1S/C22H18N4OS/c1-13-12-15(9-11-23-13)25-22(27)21-19(14-7-8-14)20(26-28-21)17-4-2-6-18-16(17)5-3-10-24-18/h2-6,9-12,14H,7-8H2,1H3,(H,23,25,27). The van der Waals surface area contributed by atoms with E-state index in [1.165, 1.54) is 11.5 Å². The highest BCUT2D eigenvalue weighted by Crippen LogP contribution is 2.48. The minimum Gasteiger partial charge on any atom is -0.321 e. The molecule has 1 aliphatic rings. The summed E-state index contributed by atoms with van der Waals surface area (Å²) in [6, 6.07) is 13.7. The molecule has 1 amide bonds. The predicted octanol–water partition coefficient (Wildman–Crippen LogP) is 5.19. The van der Waals surface area contributed by atoms with Gasteiger partial charge in [0, 0.05) is 40.3 Å². The van der Waals surface area contributed by atoms with Crippen molar-refractivity contribution >= 4 is 34.0 Å². The van der Waals surface area contributed by atoms with E-state index in [-0.39, 0.29) is 5.91 Å². The molecule has 1 saturated carbocycles. The van der Waals surface area contributed by atoms with Crippen molar-refractivity contribution in [3.05, 3.63) is 71.0 Å². The molecule has 0 aliphatic heterocycles. The number of rotatable bonds is 4. The number of hydrogen-bond donors (Lipinski definition) is 1. The van der Waals surface area contributed by atoms with Gasteiger partial charge in [0.2, 0.25) is 0 Å². The van der Waals surface area contributed by atoms with Crippen LogP contribution in [0.1, 0.15) is 39.7 Å². The first-order valence-corrected chi connectivity index (χ1v) is 10.1. The van der Waals surface area contributed by atoms with Gasteiger partial charge >= 0.3 is 0 Å². The molecule has 0 atom stereocenters. The molecule has 3 aromatic heterocycles. The summed E-state index contributed by atoms with van der Waals surface area (Å²) < 4.78 is 4.72. The van der Waals surface area contributed by atoms with E-state index in [4.69, 9.17) is 4.37 Å². The maximum absolute atomic E-state index is 13.0. The van der Waals surface area contributed by atoms with Crippen molar-refractivity contribution < 1.29 is 4.79 Å².